The van der Waals surface area contributed by atoms with E-state index in [0.29, 0.717) is 6.04 Å². The van der Waals surface area contributed by atoms with Gasteiger partial charge in [-0.15, -0.1) is 11.3 Å². The van der Waals surface area contributed by atoms with Gasteiger partial charge < -0.3 is 10.2 Å². The van der Waals surface area contributed by atoms with Crippen molar-refractivity contribution in [1.29, 1.82) is 0 Å². The highest BCUT2D eigenvalue weighted by Crippen LogP contribution is 2.20. The molecule has 1 fully saturated rings. The second-order valence-corrected chi connectivity index (χ2v) is 7.85. The lowest BCUT2D eigenvalue weighted by Gasteiger charge is -2.32. The van der Waals surface area contributed by atoms with Crippen LogP contribution in [0.5, 0.6) is 0 Å². The number of hydrogen-bond donors (Lipinski definition) is 1. The van der Waals surface area contributed by atoms with Crippen LogP contribution >= 0.6 is 11.3 Å². The average molecular weight is 358 g/mol. The van der Waals surface area contributed by atoms with Gasteiger partial charge in [-0.25, -0.2) is 4.98 Å². The molecule has 0 spiro atoms. The minimum absolute atomic E-state index is 0.154. The Hall–Kier alpha value is -1.72. The van der Waals surface area contributed by atoms with Crippen LogP contribution in [0.1, 0.15) is 52.1 Å². The summed E-state index contributed by atoms with van der Waals surface area (Å²) >= 11 is 1.84. The number of carbonyl (C=O) groups is 1. The summed E-state index contributed by atoms with van der Waals surface area (Å²) in [5.74, 6) is 0.154. The molecule has 1 aliphatic rings. The van der Waals surface area contributed by atoms with Gasteiger partial charge in [0.05, 0.1) is 10.7 Å². The monoisotopic (exact) mass is 357 g/mol. The highest BCUT2D eigenvalue weighted by Gasteiger charge is 2.23. The van der Waals surface area contributed by atoms with E-state index in [1.165, 1.54) is 9.88 Å². The van der Waals surface area contributed by atoms with Gasteiger partial charge in [0.2, 0.25) is 0 Å². The lowest BCUT2D eigenvalue weighted by atomic mass is 10.0. The Balaban J connectivity index is 1.47. The quantitative estimate of drug-likeness (QED) is 0.855. The largest absolute Gasteiger partial charge is 0.339 e. The fourth-order valence-corrected chi connectivity index (χ4v) is 4.38. The van der Waals surface area contributed by atoms with E-state index in [0.717, 1.165) is 56.6 Å². The van der Waals surface area contributed by atoms with Gasteiger partial charge in [-0.1, -0.05) is 25.1 Å². The molecule has 4 nitrogen and oxygen atoms in total. The fourth-order valence-electron chi connectivity index (χ4n) is 3.26. The Labute approximate surface area is 154 Å². The van der Waals surface area contributed by atoms with Gasteiger partial charge in [0, 0.05) is 36.1 Å². The zero-order valence-corrected chi connectivity index (χ0v) is 15.9. The van der Waals surface area contributed by atoms with E-state index in [4.69, 9.17) is 0 Å². The molecule has 2 heterocycles. The van der Waals surface area contributed by atoms with E-state index in [1.54, 1.807) is 0 Å². The molecule has 1 aromatic carbocycles. The number of rotatable bonds is 6. The van der Waals surface area contributed by atoms with Crippen molar-refractivity contribution >= 4 is 17.2 Å². The average Bonchev–Trinajstić information content (AvgIpc) is 3.00. The number of carbonyl (C=O) groups excluding carboxylic acids is 1. The Bertz CT molecular complexity index is 690. The summed E-state index contributed by atoms with van der Waals surface area (Å²) in [5, 5.41) is 4.92. The van der Waals surface area contributed by atoms with Crippen LogP contribution in [-0.2, 0) is 13.0 Å². The van der Waals surface area contributed by atoms with Gasteiger partial charge in [-0.05, 0) is 44.7 Å². The molecule has 0 saturated carbocycles. The molecule has 0 radical (unpaired) electrons. The number of thiazole rings is 1. The van der Waals surface area contributed by atoms with Crippen LogP contribution < -0.4 is 5.32 Å². The highest BCUT2D eigenvalue weighted by molar-refractivity contribution is 7.11. The zero-order chi connectivity index (χ0) is 17.6. The predicted octanol–water partition coefficient (Wildman–Crippen LogP) is 3.80. The summed E-state index contributed by atoms with van der Waals surface area (Å²) < 4.78 is 0. The summed E-state index contributed by atoms with van der Waals surface area (Å²) in [6.45, 7) is 6.85. The third-order valence-corrected chi connectivity index (χ3v) is 5.97. The molecule has 1 amide bonds. The molecule has 1 saturated heterocycles. The maximum Gasteiger partial charge on any atom is 0.253 e. The first-order valence-electron chi connectivity index (χ1n) is 9.20. The van der Waals surface area contributed by atoms with Crippen LogP contribution in [0, 0.1) is 6.92 Å². The van der Waals surface area contributed by atoms with E-state index in [9.17, 15) is 4.79 Å². The van der Waals surface area contributed by atoms with Crippen LogP contribution in [-0.4, -0.2) is 34.9 Å². The SMILES string of the molecule is CCCc1nc(C)c(CNC2CCN(C(=O)c3ccccc3)CC2)s1. The fraction of sp³-hybridized carbons (Fsp3) is 0.500. The standard InChI is InChI=1S/C20H27N3OS/c1-3-7-19-22-15(2)18(25-19)14-21-17-10-12-23(13-11-17)20(24)16-8-5-4-6-9-16/h4-6,8-9,17,21H,3,7,10-14H2,1-2H3. The van der Waals surface area contributed by atoms with Gasteiger partial charge >= 0.3 is 0 Å². The van der Waals surface area contributed by atoms with Crippen LogP contribution in [0.15, 0.2) is 30.3 Å². The Morgan fingerprint density at radius 2 is 2.00 bits per heavy atom. The molecule has 5 heteroatoms. The van der Waals surface area contributed by atoms with Gasteiger partial charge in [0.25, 0.3) is 5.91 Å². The number of amides is 1. The Kier molecular flexibility index (Phi) is 6.21. The van der Waals surface area contributed by atoms with Crippen molar-refractivity contribution in [3.05, 3.63) is 51.5 Å². The van der Waals surface area contributed by atoms with Gasteiger partial charge in [0.1, 0.15) is 0 Å². The maximum absolute atomic E-state index is 12.5. The number of piperidine rings is 1. The third-order valence-electron chi connectivity index (χ3n) is 4.76. The Morgan fingerprint density at radius 3 is 2.68 bits per heavy atom. The summed E-state index contributed by atoms with van der Waals surface area (Å²) in [7, 11) is 0. The lowest BCUT2D eigenvalue weighted by Crippen LogP contribution is -2.44. The summed E-state index contributed by atoms with van der Waals surface area (Å²) in [6, 6.07) is 10.1. The first-order chi connectivity index (χ1) is 12.2. The molecule has 0 unspecified atom stereocenters. The van der Waals surface area contributed by atoms with Crippen LogP contribution in [0.25, 0.3) is 0 Å². The molecule has 1 aliphatic heterocycles. The zero-order valence-electron chi connectivity index (χ0n) is 15.1. The van der Waals surface area contributed by atoms with Crippen molar-refractivity contribution in [1.82, 2.24) is 15.2 Å². The third kappa shape index (κ3) is 4.67. The van der Waals surface area contributed by atoms with E-state index >= 15 is 0 Å². The van der Waals surface area contributed by atoms with Crippen molar-refractivity contribution in [2.45, 2.75) is 52.1 Å². The minimum atomic E-state index is 0.154. The molecular formula is C20H27N3OS. The molecule has 25 heavy (non-hydrogen) atoms. The maximum atomic E-state index is 12.5. The van der Waals surface area contributed by atoms with Crippen LogP contribution in [0.4, 0.5) is 0 Å². The van der Waals surface area contributed by atoms with E-state index in [-0.39, 0.29) is 5.91 Å². The summed E-state index contributed by atoms with van der Waals surface area (Å²) in [6.07, 6.45) is 4.25. The predicted molar refractivity (Wildman–Crippen MR) is 103 cm³/mol. The molecule has 1 N–H and O–H groups in total. The summed E-state index contributed by atoms with van der Waals surface area (Å²) in [5.41, 5.74) is 1.95. The molecule has 1 aromatic heterocycles. The molecule has 0 bridgehead atoms. The van der Waals surface area contributed by atoms with Crippen molar-refractivity contribution in [3.8, 4) is 0 Å². The van der Waals surface area contributed by atoms with Crippen LogP contribution in [0.3, 0.4) is 0 Å². The second kappa shape index (κ2) is 8.59. The Morgan fingerprint density at radius 1 is 1.28 bits per heavy atom. The van der Waals surface area contributed by atoms with Gasteiger partial charge in [-0.2, -0.15) is 0 Å². The lowest BCUT2D eigenvalue weighted by molar-refractivity contribution is 0.0705. The van der Waals surface area contributed by atoms with Gasteiger partial charge in [-0.3, -0.25) is 4.79 Å². The number of nitrogens with one attached hydrogen (secondary N) is 1. The molecule has 0 aliphatic carbocycles. The van der Waals surface area contributed by atoms with E-state index in [2.05, 4.69) is 24.1 Å². The molecular weight excluding hydrogens is 330 g/mol. The van der Waals surface area contributed by atoms with Crippen molar-refractivity contribution in [2.75, 3.05) is 13.1 Å². The normalized spacial score (nSPS) is 15.5. The summed E-state index contributed by atoms with van der Waals surface area (Å²) in [4.78, 5) is 20.5. The topological polar surface area (TPSA) is 45.2 Å². The number of hydrogen-bond acceptors (Lipinski definition) is 4. The number of likely N-dealkylation sites (tertiary alicyclic amines) is 1. The number of benzene rings is 1. The van der Waals surface area contributed by atoms with Gasteiger partial charge in [0.15, 0.2) is 0 Å². The number of aryl methyl sites for hydroxylation is 2. The van der Waals surface area contributed by atoms with Crippen molar-refractivity contribution in [3.63, 3.8) is 0 Å². The highest BCUT2D eigenvalue weighted by atomic mass is 32.1. The smallest absolute Gasteiger partial charge is 0.253 e. The number of aromatic nitrogens is 1. The first-order valence-corrected chi connectivity index (χ1v) is 10.0. The molecule has 2 aromatic rings. The number of nitrogens with zero attached hydrogens (tertiary/aromatic N) is 2. The van der Waals surface area contributed by atoms with Crippen LogP contribution in [0.2, 0.25) is 0 Å². The van der Waals surface area contributed by atoms with Crippen molar-refractivity contribution < 1.29 is 4.79 Å². The molecule has 0 atom stereocenters. The molecule has 134 valence electrons. The first kappa shape index (κ1) is 18.1. The molecule has 3 rings (SSSR count). The second-order valence-electron chi connectivity index (χ2n) is 6.68. The van der Waals surface area contributed by atoms with E-state index < -0.39 is 0 Å². The minimum Gasteiger partial charge on any atom is -0.339 e. The van der Waals surface area contributed by atoms with Crippen molar-refractivity contribution in [2.24, 2.45) is 0 Å². The van der Waals surface area contributed by atoms with E-state index in [1.807, 2.05) is 46.6 Å².